The Balaban J connectivity index is 1.59. The molecule has 2 N–H and O–H groups in total. The van der Waals surface area contributed by atoms with Crippen molar-refractivity contribution in [2.24, 2.45) is 5.92 Å². The monoisotopic (exact) mass is 286 g/mol. The molecule has 21 heavy (non-hydrogen) atoms. The molecular weight excluding hydrogens is 264 g/mol. The zero-order valence-corrected chi connectivity index (χ0v) is 12.4. The summed E-state index contributed by atoms with van der Waals surface area (Å²) in [5.41, 5.74) is 3.66. The summed E-state index contributed by atoms with van der Waals surface area (Å²) in [4.78, 5) is 15.5. The number of hydrogen-bond donors (Lipinski definition) is 2. The largest absolute Gasteiger partial charge is 0.381 e. The number of hydrogen-bond acceptors (Lipinski definition) is 2. The van der Waals surface area contributed by atoms with E-state index in [0.29, 0.717) is 19.8 Å². The number of para-hydroxylation sites is 1. The van der Waals surface area contributed by atoms with Crippen LogP contribution in [0, 0.1) is 12.8 Å². The average Bonchev–Trinajstić information content (AvgIpc) is 2.84. The van der Waals surface area contributed by atoms with Crippen LogP contribution in [0.2, 0.25) is 0 Å². The van der Waals surface area contributed by atoms with E-state index in [9.17, 15) is 4.79 Å². The van der Waals surface area contributed by atoms with Crippen molar-refractivity contribution in [2.75, 3.05) is 19.8 Å². The van der Waals surface area contributed by atoms with Gasteiger partial charge < -0.3 is 15.0 Å². The first-order valence-electron chi connectivity index (χ1n) is 7.67. The van der Waals surface area contributed by atoms with E-state index in [1.165, 1.54) is 22.2 Å². The average molecular weight is 286 g/mol. The molecule has 1 aromatic carbocycles. The summed E-state index contributed by atoms with van der Waals surface area (Å²) in [5, 5.41) is 4.33. The van der Waals surface area contributed by atoms with E-state index < -0.39 is 0 Å². The van der Waals surface area contributed by atoms with Crippen molar-refractivity contribution in [1.82, 2.24) is 10.3 Å². The lowest BCUT2D eigenvalue weighted by atomic mass is 9.99. The first-order chi connectivity index (χ1) is 10.3. The summed E-state index contributed by atoms with van der Waals surface area (Å²) in [6, 6.07) is 8.32. The van der Waals surface area contributed by atoms with Crippen LogP contribution >= 0.6 is 0 Å². The van der Waals surface area contributed by atoms with Gasteiger partial charge in [0.25, 0.3) is 0 Å². The van der Waals surface area contributed by atoms with E-state index in [1.807, 2.05) is 6.07 Å². The second-order valence-electron chi connectivity index (χ2n) is 5.70. The fourth-order valence-corrected chi connectivity index (χ4v) is 3.07. The van der Waals surface area contributed by atoms with E-state index in [2.05, 4.69) is 35.4 Å². The Hall–Kier alpha value is -1.81. The van der Waals surface area contributed by atoms with Gasteiger partial charge in [0.05, 0.1) is 0 Å². The van der Waals surface area contributed by atoms with Crippen LogP contribution < -0.4 is 5.32 Å². The second-order valence-corrected chi connectivity index (χ2v) is 5.70. The Labute approximate surface area is 124 Å². The molecule has 4 nitrogen and oxygen atoms in total. The smallest absolute Gasteiger partial charge is 0.223 e. The lowest BCUT2D eigenvalue weighted by Crippen LogP contribution is -2.35. The topological polar surface area (TPSA) is 54.1 Å². The molecule has 0 saturated carbocycles. The lowest BCUT2D eigenvalue weighted by Gasteiger charge is -2.21. The van der Waals surface area contributed by atoms with Crippen molar-refractivity contribution >= 4 is 16.8 Å². The van der Waals surface area contributed by atoms with E-state index in [-0.39, 0.29) is 11.8 Å². The van der Waals surface area contributed by atoms with Crippen LogP contribution in [0.25, 0.3) is 10.9 Å². The predicted octanol–water partition coefficient (Wildman–Crippen LogP) is 2.56. The first kappa shape index (κ1) is 14.1. The molecule has 0 atom stereocenters. The van der Waals surface area contributed by atoms with E-state index in [4.69, 9.17) is 4.74 Å². The molecule has 0 bridgehead atoms. The number of aryl methyl sites for hydroxylation is 1. The van der Waals surface area contributed by atoms with Crippen molar-refractivity contribution in [3.63, 3.8) is 0 Å². The summed E-state index contributed by atoms with van der Waals surface area (Å²) in [5.74, 6) is 0.304. The van der Waals surface area contributed by atoms with Gasteiger partial charge in [0.2, 0.25) is 5.91 Å². The van der Waals surface area contributed by atoms with Gasteiger partial charge in [0.15, 0.2) is 0 Å². The minimum absolute atomic E-state index is 0.128. The number of nitrogens with one attached hydrogen (secondary N) is 2. The minimum atomic E-state index is 0.128. The maximum Gasteiger partial charge on any atom is 0.223 e. The van der Waals surface area contributed by atoms with Gasteiger partial charge >= 0.3 is 0 Å². The van der Waals surface area contributed by atoms with Crippen molar-refractivity contribution in [3.8, 4) is 0 Å². The molecular formula is C17H22N2O2. The molecule has 0 unspecified atom stereocenters. The molecule has 2 heterocycles. The SMILES string of the molecule is Cc1[nH]c2ccccc2c1CCNC(=O)C1CCOCC1. The third kappa shape index (κ3) is 3.10. The number of ether oxygens (including phenoxy) is 1. The third-order valence-electron chi connectivity index (χ3n) is 4.29. The highest BCUT2D eigenvalue weighted by molar-refractivity contribution is 5.84. The molecule has 0 spiro atoms. The van der Waals surface area contributed by atoms with E-state index in [1.54, 1.807) is 0 Å². The minimum Gasteiger partial charge on any atom is -0.381 e. The van der Waals surface area contributed by atoms with E-state index >= 15 is 0 Å². The number of carbonyl (C=O) groups excluding carboxylic acids is 1. The van der Waals surface area contributed by atoms with Crippen LogP contribution in [0.15, 0.2) is 24.3 Å². The summed E-state index contributed by atoms with van der Waals surface area (Å²) < 4.78 is 5.29. The standard InChI is InChI=1S/C17H22N2O2/c1-12-14(15-4-2-3-5-16(15)19-12)6-9-18-17(20)13-7-10-21-11-8-13/h2-5,13,19H,6-11H2,1H3,(H,18,20). The number of aromatic amines is 1. The molecule has 0 aliphatic carbocycles. The van der Waals surface area contributed by atoms with Crippen molar-refractivity contribution in [2.45, 2.75) is 26.2 Å². The third-order valence-corrected chi connectivity index (χ3v) is 4.29. The Bertz CT molecular complexity index is 627. The Morgan fingerprint density at radius 3 is 2.90 bits per heavy atom. The number of aromatic nitrogens is 1. The van der Waals surface area contributed by atoms with Crippen LogP contribution in [0.3, 0.4) is 0 Å². The fourth-order valence-electron chi connectivity index (χ4n) is 3.07. The zero-order chi connectivity index (χ0) is 14.7. The van der Waals surface area contributed by atoms with Gasteiger partial charge in [-0.15, -0.1) is 0 Å². The van der Waals surface area contributed by atoms with Crippen molar-refractivity contribution < 1.29 is 9.53 Å². The molecule has 1 saturated heterocycles. The van der Waals surface area contributed by atoms with Crippen LogP contribution in [0.5, 0.6) is 0 Å². The van der Waals surface area contributed by atoms with Gasteiger partial charge in [-0.25, -0.2) is 0 Å². The highest BCUT2D eigenvalue weighted by Crippen LogP contribution is 2.22. The molecule has 1 aliphatic heterocycles. The van der Waals surface area contributed by atoms with Crippen LogP contribution in [0.1, 0.15) is 24.1 Å². The van der Waals surface area contributed by atoms with Gasteiger partial charge in [0, 0.05) is 42.3 Å². The van der Waals surface area contributed by atoms with Gasteiger partial charge in [-0.1, -0.05) is 18.2 Å². The number of benzene rings is 1. The molecule has 1 fully saturated rings. The zero-order valence-electron chi connectivity index (χ0n) is 12.4. The highest BCUT2D eigenvalue weighted by atomic mass is 16.5. The first-order valence-corrected chi connectivity index (χ1v) is 7.67. The molecule has 3 rings (SSSR count). The van der Waals surface area contributed by atoms with Crippen LogP contribution in [-0.2, 0) is 16.0 Å². The summed E-state index contributed by atoms with van der Waals surface area (Å²) in [7, 11) is 0. The number of carbonyl (C=O) groups is 1. The van der Waals surface area contributed by atoms with E-state index in [0.717, 1.165) is 19.3 Å². The molecule has 2 aromatic rings. The lowest BCUT2D eigenvalue weighted by molar-refractivity contribution is -0.127. The van der Waals surface area contributed by atoms with Crippen LogP contribution in [-0.4, -0.2) is 30.6 Å². The molecule has 1 aromatic heterocycles. The molecule has 1 aliphatic rings. The second kappa shape index (κ2) is 6.31. The molecule has 1 amide bonds. The van der Waals surface area contributed by atoms with Crippen molar-refractivity contribution in [3.05, 3.63) is 35.5 Å². The van der Waals surface area contributed by atoms with Crippen LogP contribution in [0.4, 0.5) is 0 Å². The summed E-state index contributed by atoms with van der Waals surface area (Å²) >= 11 is 0. The normalized spacial score (nSPS) is 16.2. The maximum absolute atomic E-state index is 12.1. The number of rotatable bonds is 4. The molecule has 0 radical (unpaired) electrons. The number of amides is 1. The van der Waals surface area contributed by atoms with Gasteiger partial charge in [-0.2, -0.15) is 0 Å². The Morgan fingerprint density at radius 2 is 2.10 bits per heavy atom. The predicted molar refractivity (Wildman–Crippen MR) is 83.3 cm³/mol. The molecule has 4 heteroatoms. The summed E-state index contributed by atoms with van der Waals surface area (Å²) in [6.45, 7) is 4.20. The van der Waals surface area contributed by atoms with Crippen molar-refractivity contribution in [1.29, 1.82) is 0 Å². The summed E-state index contributed by atoms with van der Waals surface area (Å²) in [6.07, 6.45) is 2.56. The van der Waals surface area contributed by atoms with Gasteiger partial charge in [-0.3, -0.25) is 4.79 Å². The molecule has 112 valence electrons. The number of fused-ring (bicyclic) bond motifs is 1. The Kier molecular flexibility index (Phi) is 4.25. The Morgan fingerprint density at radius 1 is 1.33 bits per heavy atom. The fraction of sp³-hybridized carbons (Fsp3) is 0.471. The highest BCUT2D eigenvalue weighted by Gasteiger charge is 2.21. The maximum atomic E-state index is 12.1. The van der Waals surface area contributed by atoms with Gasteiger partial charge in [-0.05, 0) is 37.8 Å². The quantitative estimate of drug-likeness (QED) is 0.907. The number of H-pyrrole nitrogens is 1. The van der Waals surface area contributed by atoms with Gasteiger partial charge in [0.1, 0.15) is 0 Å².